The number of hydrogen-bond acceptors (Lipinski definition) is 2. The Balaban J connectivity index is 1.96. The van der Waals surface area contributed by atoms with Gasteiger partial charge in [0.2, 0.25) is 0 Å². The molecule has 140 valence electrons. The standard InChI is InChI=1S/C20H40N4/c1-8-21-18(24-15-19(4,5)20(24,6)7)22-12-17-10-9-11-23(14-17)13-16(2)3/h16-17H,8-15H2,1-7H3,(H,21,22). The maximum absolute atomic E-state index is 5.04. The second-order valence-electron chi connectivity index (χ2n) is 9.39. The Morgan fingerprint density at radius 3 is 2.50 bits per heavy atom. The van der Waals surface area contributed by atoms with Crippen LogP contribution in [0.1, 0.15) is 61.3 Å². The first kappa shape index (κ1) is 19.6. The number of nitrogens with zero attached hydrogens (tertiary/aromatic N) is 3. The molecule has 4 heteroatoms. The lowest BCUT2D eigenvalue weighted by molar-refractivity contribution is -0.0668. The highest BCUT2D eigenvalue weighted by molar-refractivity contribution is 5.82. The van der Waals surface area contributed by atoms with Gasteiger partial charge in [-0.1, -0.05) is 27.7 Å². The van der Waals surface area contributed by atoms with Crippen LogP contribution in [0.25, 0.3) is 0 Å². The summed E-state index contributed by atoms with van der Waals surface area (Å²) in [6.45, 7) is 22.9. The van der Waals surface area contributed by atoms with Crippen molar-refractivity contribution >= 4 is 5.96 Å². The van der Waals surface area contributed by atoms with Crippen LogP contribution in [-0.4, -0.2) is 60.6 Å². The van der Waals surface area contributed by atoms with Gasteiger partial charge in [-0.3, -0.25) is 4.99 Å². The first-order valence-electron chi connectivity index (χ1n) is 9.95. The van der Waals surface area contributed by atoms with Crippen molar-refractivity contribution in [1.82, 2.24) is 15.1 Å². The molecule has 1 unspecified atom stereocenters. The molecule has 0 bridgehead atoms. The molecular formula is C20H40N4. The van der Waals surface area contributed by atoms with E-state index in [1.807, 2.05) is 0 Å². The molecule has 2 rings (SSSR count). The number of guanidine groups is 1. The second kappa shape index (κ2) is 7.63. The smallest absolute Gasteiger partial charge is 0.194 e. The van der Waals surface area contributed by atoms with Gasteiger partial charge in [0, 0.05) is 43.7 Å². The molecule has 1 N–H and O–H groups in total. The summed E-state index contributed by atoms with van der Waals surface area (Å²) in [6, 6.07) is 0. The zero-order valence-corrected chi connectivity index (χ0v) is 17.2. The highest BCUT2D eigenvalue weighted by Crippen LogP contribution is 2.46. The molecule has 0 aromatic heterocycles. The first-order chi connectivity index (χ1) is 11.2. The predicted octanol–water partition coefficient (Wildman–Crippen LogP) is 3.44. The third-order valence-electron chi connectivity index (χ3n) is 6.20. The Hall–Kier alpha value is -0.770. The molecule has 2 fully saturated rings. The maximum Gasteiger partial charge on any atom is 0.194 e. The van der Waals surface area contributed by atoms with Crippen molar-refractivity contribution in [2.45, 2.75) is 66.8 Å². The molecule has 0 aromatic rings. The summed E-state index contributed by atoms with van der Waals surface area (Å²) in [7, 11) is 0. The van der Waals surface area contributed by atoms with E-state index in [0.29, 0.717) is 11.3 Å². The van der Waals surface area contributed by atoms with Crippen molar-refractivity contribution in [2.75, 3.05) is 39.3 Å². The molecule has 2 saturated heterocycles. The van der Waals surface area contributed by atoms with Crippen LogP contribution in [0.2, 0.25) is 0 Å². The fourth-order valence-electron chi connectivity index (χ4n) is 3.99. The monoisotopic (exact) mass is 336 g/mol. The van der Waals surface area contributed by atoms with Crippen LogP contribution in [0.3, 0.4) is 0 Å². The number of likely N-dealkylation sites (tertiary alicyclic amines) is 2. The van der Waals surface area contributed by atoms with E-state index in [-0.39, 0.29) is 5.54 Å². The van der Waals surface area contributed by atoms with Crippen molar-refractivity contribution in [3.05, 3.63) is 0 Å². The van der Waals surface area contributed by atoms with E-state index in [1.54, 1.807) is 0 Å². The van der Waals surface area contributed by atoms with Crippen molar-refractivity contribution in [1.29, 1.82) is 0 Å². The molecule has 2 heterocycles. The number of piperidine rings is 1. The Morgan fingerprint density at radius 1 is 1.25 bits per heavy atom. The average Bonchev–Trinajstić information content (AvgIpc) is 2.49. The number of rotatable bonds is 5. The first-order valence-corrected chi connectivity index (χ1v) is 9.95. The minimum Gasteiger partial charge on any atom is -0.356 e. The van der Waals surface area contributed by atoms with E-state index in [4.69, 9.17) is 4.99 Å². The molecule has 2 aliphatic heterocycles. The zero-order valence-electron chi connectivity index (χ0n) is 17.2. The molecule has 2 aliphatic rings. The van der Waals surface area contributed by atoms with Crippen LogP contribution in [-0.2, 0) is 0 Å². The third-order valence-corrected chi connectivity index (χ3v) is 6.20. The maximum atomic E-state index is 5.04. The Labute approximate surface area is 150 Å². The molecule has 0 spiro atoms. The summed E-state index contributed by atoms with van der Waals surface area (Å²) in [5.74, 6) is 2.58. The number of nitrogens with one attached hydrogen (secondary N) is 1. The highest BCUT2D eigenvalue weighted by Gasteiger charge is 2.53. The van der Waals surface area contributed by atoms with Gasteiger partial charge in [-0.25, -0.2) is 0 Å². The Bertz CT molecular complexity index is 439. The van der Waals surface area contributed by atoms with Gasteiger partial charge in [0.05, 0.1) is 0 Å². The molecule has 0 aromatic carbocycles. The highest BCUT2D eigenvalue weighted by atomic mass is 15.4. The molecule has 4 nitrogen and oxygen atoms in total. The molecule has 1 atom stereocenters. The van der Waals surface area contributed by atoms with Gasteiger partial charge in [0.1, 0.15) is 0 Å². The van der Waals surface area contributed by atoms with E-state index < -0.39 is 0 Å². The van der Waals surface area contributed by atoms with Gasteiger partial charge in [-0.05, 0) is 52.0 Å². The van der Waals surface area contributed by atoms with Crippen molar-refractivity contribution in [3.8, 4) is 0 Å². The SMILES string of the molecule is CCNC(=NCC1CCCN(CC(C)C)C1)N1CC(C)(C)C1(C)C. The Kier molecular flexibility index (Phi) is 6.22. The summed E-state index contributed by atoms with van der Waals surface area (Å²) in [5.41, 5.74) is 0.520. The lowest BCUT2D eigenvalue weighted by atomic mass is 9.65. The number of aliphatic imine (C=N–C) groups is 1. The summed E-state index contributed by atoms with van der Waals surface area (Å²) < 4.78 is 0. The van der Waals surface area contributed by atoms with Crippen LogP contribution in [0.4, 0.5) is 0 Å². The van der Waals surface area contributed by atoms with Crippen LogP contribution in [0.15, 0.2) is 4.99 Å². The minimum atomic E-state index is 0.171. The van der Waals surface area contributed by atoms with Crippen molar-refractivity contribution in [3.63, 3.8) is 0 Å². The van der Waals surface area contributed by atoms with Gasteiger partial charge < -0.3 is 15.1 Å². The van der Waals surface area contributed by atoms with E-state index >= 15 is 0 Å². The van der Waals surface area contributed by atoms with Crippen molar-refractivity contribution < 1.29 is 0 Å². The normalized spacial score (nSPS) is 27.2. The van der Waals surface area contributed by atoms with E-state index in [2.05, 4.69) is 63.6 Å². The van der Waals surface area contributed by atoms with Gasteiger partial charge in [-0.2, -0.15) is 0 Å². The average molecular weight is 337 g/mol. The topological polar surface area (TPSA) is 30.9 Å². The van der Waals surface area contributed by atoms with Crippen LogP contribution in [0, 0.1) is 17.3 Å². The molecule has 0 aliphatic carbocycles. The summed E-state index contributed by atoms with van der Waals surface area (Å²) in [5, 5.41) is 3.52. The van der Waals surface area contributed by atoms with Crippen LogP contribution >= 0.6 is 0 Å². The summed E-state index contributed by atoms with van der Waals surface area (Å²) >= 11 is 0. The van der Waals surface area contributed by atoms with Gasteiger partial charge >= 0.3 is 0 Å². The molecule has 0 saturated carbocycles. The Morgan fingerprint density at radius 2 is 1.96 bits per heavy atom. The summed E-state index contributed by atoms with van der Waals surface area (Å²) in [4.78, 5) is 10.1. The largest absolute Gasteiger partial charge is 0.356 e. The molecular weight excluding hydrogens is 296 g/mol. The molecule has 0 radical (unpaired) electrons. The predicted molar refractivity (Wildman–Crippen MR) is 105 cm³/mol. The van der Waals surface area contributed by atoms with E-state index in [9.17, 15) is 0 Å². The quantitative estimate of drug-likeness (QED) is 0.616. The second-order valence-corrected chi connectivity index (χ2v) is 9.39. The lowest BCUT2D eigenvalue weighted by Gasteiger charge is -2.62. The van der Waals surface area contributed by atoms with Crippen LogP contribution < -0.4 is 5.32 Å². The number of hydrogen-bond donors (Lipinski definition) is 1. The van der Waals surface area contributed by atoms with Gasteiger partial charge in [-0.15, -0.1) is 0 Å². The fourth-order valence-corrected chi connectivity index (χ4v) is 3.99. The van der Waals surface area contributed by atoms with Crippen molar-refractivity contribution in [2.24, 2.45) is 22.2 Å². The third kappa shape index (κ3) is 4.25. The van der Waals surface area contributed by atoms with Gasteiger partial charge in [0.15, 0.2) is 5.96 Å². The van der Waals surface area contributed by atoms with Gasteiger partial charge in [0.25, 0.3) is 0 Å². The zero-order chi connectivity index (χ0) is 18.0. The fraction of sp³-hybridized carbons (Fsp3) is 0.950. The molecule has 24 heavy (non-hydrogen) atoms. The minimum absolute atomic E-state index is 0.171. The summed E-state index contributed by atoms with van der Waals surface area (Å²) in [6.07, 6.45) is 2.65. The van der Waals surface area contributed by atoms with Crippen LogP contribution in [0.5, 0.6) is 0 Å². The molecule has 0 amide bonds. The van der Waals surface area contributed by atoms with E-state index in [0.717, 1.165) is 31.5 Å². The lowest BCUT2D eigenvalue weighted by Crippen LogP contribution is -2.72. The van der Waals surface area contributed by atoms with E-state index in [1.165, 1.54) is 32.5 Å².